The summed E-state index contributed by atoms with van der Waals surface area (Å²) in [4.78, 5) is 41.8. The van der Waals surface area contributed by atoms with Crippen LogP contribution in [0.3, 0.4) is 0 Å². The lowest BCUT2D eigenvalue weighted by Crippen LogP contribution is -2.39. The molecule has 0 aromatic heterocycles. The van der Waals surface area contributed by atoms with Gasteiger partial charge in [0, 0.05) is 18.3 Å². The van der Waals surface area contributed by atoms with Gasteiger partial charge in [0.2, 0.25) is 5.91 Å². The summed E-state index contributed by atoms with van der Waals surface area (Å²) in [6.45, 7) is 4.49. The molecule has 8 nitrogen and oxygen atoms in total. The summed E-state index contributed by atoms with van der Waals surface area (Å²) in [6.07, 6.45) is 0.594. The number of hydrogen-bond acceptors (Lipinski definition) is 5. The maximum Gasteiger partial charge on any atom is 0.332 e. The normalized spacial score (nSPS) is 16.0. The fourth-order valence-corrected chi connectivity index (χ4v) is 3.53. The minimum atomic E-state index is -0.870. The zero-order valence-corrected chi connectivity index (χ0v) is 18.8. The molecule has 1 aliphatic heterocycles. The van der Waals surface area contributed by atoms with Crippen LogP contribution in [0.4, 0.5) is 16.2 Å². The van der Waals surface area contributed by atoms with Gasteiger partial charge in [-0.2, -0.15) is 0 Å². The van der Waals surface area contributed by atoms with E-state index >= 15 is 0 Å². The van der Waals surface area contributed by atoms with Crippen molar-refractivity contribution in [2.45, 2.75) is 32.7 Å². The van der Waals surface area contributed by atoms with Crippen molar-refractivity contribution >= 4 is 29.2 Å². The quantitative estimate of drug-likeness (QED) is 0.599. The van der Waals surface area contributed by atoms with E-state index in [1.807, 2.05) is 13.8 Å². The fraction of sp³-hybridized carbons (Fsp3) is 0.375. The van der Waals surface area contributed by atoms with Crippen molar-refractivity contribution in [2.24, 2.45) is 5.92 Å². The Hall–Kier alpha value is -3.55. The van der Waals surface area contributed by atoms with Gasteiger partial charge < -0.3 is 19.7 Å². The van der Waals surface area contributed by atoms with Crippen LogP contribution in [0.25, 0.3) is 0 Å². The summed E-state index contributed by atoms with van der Waals surface area (Å²) in [7, 11) is 3.09. The highest BCUT2D eigenvalue weighted by Gasteiger charge is 2.46. The summed E-state index contributed by atoms with van der Waals surface area (Å²) >= 11 is 0. The van der Waals surface area contributed by atoms with Crippen LogP contribution in [0.2, 0.25) is 0 Å². The Bertz CT molecular complexity index is 974. The molecule has 1 atom stereocenters. The molecule has 0 radical (unpaired) electrons. The number of urea groups is 1. The summed E-state index contributed by atoms with van der Waals surface area (Å²) in [5, 5.41) is 2.79. The molecule has 0 spiro atoms. The van der Waals surface area contributed by atoms with E-state index in [2.05, 4.69) is 5.32 Å². The molecule has 1 fully saturated rings. The summed E-state index contributed by atoms with van der Waals surface area (Å²) in [5.74, 6) is 0.795. The van der Waals surface area contributed by atoms with Crippen molar-refractivity contribution in [2.75, 3.05) is 31.0 Å². The van der Waals surface area contributed by atoms with E-state index in [1.54, 1.807) is 55.6 Å². The van der Waals surface area contributed by atoms with E-state index in [1.165, 1.54) is 12.0 Å². The summed E-state index contributed by atoms with van der Waals surface area (Å²) < 4.78 is 10.4. The number of ether oxygens (including phenoxy) is 2. The topological polar surface area (TPSA) is 88.2 Å². The predicted octanol–water partition coefficient (Wildman–Crippen LogP) is 3.92. The van der Waals surface area contributed by atoms with Crippen LogP contribution in [0, 0.1) is 5.92 Å². The molecule has 3 rings (SSSR count). The second-order valence-corrected chi connectivity index (χ2v) is 8.03. The van der Waals surface area contributed by atoms with Crippen molar-refractivity contribution in [1.29, 1.82) is 0 Å². The first-order valence-corrected chi connectivity index (χ1v) is 10.6. The van der Waals surface area contributed by atoms with Gasteiger partial charge >= 0.3 is 6.03 Å². The number of anilines is 2. The van der Waals surface area contributed by atoms with Crippen molar-refractivity contribution < 1.29 is 23.9 Å². The molecular weight excluding hydrogens is 410 g/mol. The first kappa shape index (κ1) is 23.1. The minimum absolute atomic E-state index is 0.130. The Morgan fingerprint density at radius 3 is 2.34 bits per heavy atom. The number of methoxy groups -OCH3 is 2. The van der Waals surface area contributed by atoms with Crippen molar-refractivity contribution in [3.05, 3.63) is 48.5 Å². The molecule has 32 heavy (non-hydrogen) atoms. The molecule has 2 aromatic carbocycles. The maximum absolute atomic E-state index is 13.3. The number of hydrogen-bond donors (Lipinski definition) is 1. The van der Waals surface area contributed by atoms with Gasteiger partial charge in [-0.1, -0.05) is 19.9 Å². The van der Waals surface area contributed by atoms with Gasteiger partial charge in [-0.15, -0.1) is 0 Å². The number of carbonyl (C=O) groups is 3. The van der Waals surface area contributed by atoms with E-state index in [0.717, 1.165) is 11.3 Å². The van der Waals surface area contributed by atoms with Gasteiger partial charge in [-0.3, -0.25) is 9.59 Å². The van der Waals surface area contributed by atoms with Crippen LogP contribution in [0.1, 0.15) is 26.7 Å². The lowest BCUT2D eigenvalue weighted by atomic mass is 10.1. The molecular formula is C24H29N3O5. The van der Waals surface area contributed by atoms with E-state index in [9.17, 15) is 14.4 Å². The number of rotatable bonds is 9. The Morgan fingerprint density at radius 2 is 1.72 bits per heavy atom. The van der Waals surface area contributed by atoms with Crippen LogP contribution < -0.4 is 19.7 Å². The van der Waals surface area contributed by atoms with Crippen LogP contribution in [-0.4, -0.2) is 49.6 Å². The second kappa shape index (κ2) is 10.2. The average molecular weight is 440 g/mol. The number of benzene rings is 2. The van der Waals surface area contributed by atoms with Gasteiger partial charge in [0.25, 0.3) is 5.91 Å². The van der Waals surface area contributed by atoms with Gasteiger partial charge in [0.1, 0.15) is 17.5 Å². The van der Waals surface area contributed by atoms with Gasteiger partial charge in [-0.05, 0) is 48.7 Å². The molecule has 0 saturated carbocycles. The molecule has 0 aliphatic carbocycles. The number of nitrogens with zero attached hydrogens (tertiary/aromatic N) is 2. The zero-order chi connectivity index (χ0) is 23.3. The van der Waals surface area contributed by atoms with Crippen LogP contribution in [-0.2, 0) is 9.59 Å². The molecule has 0 bridgehead atoms. The predicted molar refractivity (Wildman–Crippen MR) is 122 cm³/mol. The second-order valence-electron chi connectivity index (χ2n) is 8.03. The average Bonchev–Trinajstić information content (AvgIpc) is 3.01. The molecule has 1 N–H and O–H groups in total. The molecule has 8 heteroatoms. The fourth-order valence-electron chi connectivity index (χ4n) is 3.53. The highest BCUT2D eigenvalue weighted by atomic mass is 16.5. The molecule has 4 amide bonds. The number of amides is 4. The van der Waals surface area contributed by atoms with Crippen LogP contribution in [0.5, 0.6) is 11.5 Å². The van der Waals surface area contributed by atoms with Gasteiger partial charge in [-0.25, -0.2) is 9.69 Å². The summed E-state index contributed by atoms with van der Waals surface area (Å²) in [5.41, 5.74) is 1.01. The Kier molecular flexibility index (Phi) is 7.35. The molecule has 1 saturated heterocycles. The van der Waals surface area contributed by atoms with E-state index in [-0.39, 0.29) is 12.3 Å². The van der Waals surface area contributed by atoms with Crippen LogP contribution in [0.15, 0.2) is 48.5 Å². The third kappa shape index (κ3) is 5.19. The first-order valence-electron chi connectivity index (χ1n) is 10.6. The van der Waals surface area contributed by atoms with Crippen LogP contribution >= 0.6 is 0 Å². The minimum Gasteiger partial charge on any atom is -0.497 e. The molecule has 1 aliphatic rings. The van der Waals surface area contributed by atoms with Gasteiger partial charge in [0.15, 0.2) is 0 Å². The monoisotopic (exact) mass is 439 g/mol. The lowest BCUT2D eigenvalue weighted by Gasteiger charge is -2.22. The van der Waals surface area contributed by atoms with Gasteiger partial charge in [0.05, 0.1) is 26.3 Å². The smallest absolute Gasteiger partial charge is 0.332 e. The Balaban J connectivity index is 1.80. The zero-order valence-electron chi connectivity index (χ0n) is 18.8. The van der Waals surface area contributed by atoms with E-state index < -0.39 is 18.0 Å². The molecule has 2 aromatic rings. The standard InChI is InChI=1S/C24H29N3O5/c1-16(2)12-13-26-21(15-22(28)25-17-8-10-19(31-3)11-9-17)23(29)27(24(26)30)18-6-5-7-20(14-18)32-4/h5-11,14,16,21H,12-13,15H2,1-4H3,(H,25,28)/t21-/m1/s1. The lowest BCUT2D eigenvalue weighted by molar-refractivity contribution is -0.124. The summed E-state index contributed by atoms with van der Waals surface area (Å²) in [6, 6.07) is 12.4. The number of carbonyl (C=O) groups excluding carboxylic acids is 3. The SMILES string of the molecule is COc1ccc(NC(=O)C[C@@H]2C(=O)N(c3cccc(OC)c3)C(=O)N2CCC(C)C)cc1. The highest BCUT2D eigenvalue weighted by molar-refractivity contribution is 6.22. The molecule has 1 heterocycles. The Morgan fingerprint density at radius 1 is 1.03 bits per heavy atom. The van der Waals surface area contributed by atoms with Crippen molar-refractivity contribution in [1.82, 2.24) is 4.90 Å². The van der Waals surface area contributed by atoms with Crippen molar-refractivity contribution in [3.8, 4) is 11.5 Å². The van der Waals surface area contributed by atoms with E-state index in [0.29, 0.717) is 35.3 Å². The maximum atomic E-state index is 13.3. The number of nitrogens with one attached hydrogen (secondary N) is 1. The largest absolute Gasteiger partial charge is 0.497 e. The Labute approximate surface area is 188 Å². The number of imide groups is 1. The molecule has 170 valence electrons. The van der Waals surface area contributed by atoms with Crippen molar-refractivity contribution in [3.63, 3.8) is 0 Å². The third-order valence-electron chi connectivity index (χ3n) is 5.33. The molecule has 0 unspecified atom stereocenters. The van der Waals surface area contributed by atoms with E-state index in [4.69, 9.17) is 9.47 Å². The highest BCUT2D eigenvalue weighted by Crippen LogP contribution is 2.30. The third-order valence-corrected chi connectivity index (χ3v) is 5.33. The first-order chi connectivity index (χ1) is 15.3.